The number of likely N-dealkylation sites (N-methyl/N-ethyl adjacent to an activating group) is 1. The fourth-order valence-electron chi connectivity index (χ4n) is 1.17. The third kappa shape index (κ3) is 4.07. The van der Waals surface area contributed by atoms with Crippen LogP contribution in [0.1, 0.15) is 10.6 Å². The maximum Gasteiger partial charge on any atom is 0.376 e. The van der Waals surface area contributed by atoms with Gasteiger partial charge in [-0.2, -0.15) is 4.31 Å². The van der Waals surface area contributed by atoms with E-state index in [-0.39, 0.29) is 18.0 Å². The van der Waals surface area contributed by atoms with Crippen LogP contribution in [-0.4, -0.2) is 51.6 Å². The zero-order chi connectivity index (χ0) is 14.6. The highest BCUT2D eigenvalue weighted by molar-refractivity contribution is 7.88. The van der Waals surface area contributed by atoms with Gasteiger partial charge in [0, 0.05) is 13.1 Å². The Kier molecular flexibility index (Phi) is 4.67. The molecule has 0 saturated heterocycles. The lowest BCUT2D eigenvalue weighted by molar-refractivity contribution is -0.116. The number of hydrogen-bond acceptors (Lipinski definition) is 6. The van der Waals surface area contributed by atoms with E-state index in [1.54, 1.807) is 0 Å². The van der Waals surface area contributed by atoms with E-state index in [0.29, 0.717) is 0 Å². The molecule has 1 rings (SSSR count). The number of methoxy groups -OCH3 is 1. The van der Waals surface area contributed by atoms with Crippen molar-refractivity contribution in [2.45, 2.75) is 0 Å². The van der Waals surface area contributed by atoms with E-state index in [1.165, 1.54) is 26.5 Å². The van der Waals surface area contributed by atoms with E-state index < -0.39 is 21.9 Å². The number of esters is 1. The molecule has 1 aromatic rings. The lowest BCUT2D eigenvalue weighted by Crippen LogP contribution is -2.34. The zero-order valence-electron chi connectivity index (χ0n) is 10.7. The van der Waals surface area contributed by atoms with E-state index >= 15 is 0 Å². The summed E-state index contributed by atoms with van der Waals surface area (Å²) in [6.45, 7) is -0.370. The van der Waals surface area contributed by atoms with Gasteiger partial charge in [0.1, 0.15) is 0 Å². The second kappa shape index (κ2) is 5.85. The van der Waals surface area contributed by atoms with Gasteiger partial charge in [-0.1, -0.05) is 0 Å². The van der Waals surface area contributed by atoms with Gasteiger partial charge >= 0.3 is 5.97 Å². The molecule has 0 aliphatic rings. The van der Waals surface area contributed by atoms with Crippen LogP contribution in [-0.2, 0) is 19.6 Å². The molecule has 19 heavy (non-hydrogen) atoms. The van der Waals surface area contributed by atoms with Crippen molar-refractivity contribution in [3.8, 4) is 0 Å². The van der Waals surface area contributed by atoms with E-state index in [2.05, 4.69) is 10.1 Å². The summed E-state index contributed by atoms with van der Waals surface area (Å²) in [5.41, 5.74) is 0.124. The van der Waals surface area contributed by atoms with Gasteiger partial charge < -0.3 is 14.5 Å². The molecule has 1 aromatic heterocycles. The van der Waals surface area contributed by atoms with E-state index in [9.17, 15) is 18.0 Å². The number of nitrogens with zero attached hydrogens (tertiary/aromatic N) is 1. The lowest BCUT2D eigenvalue weighted by atomic mass is 10.3. The van der Waals surface area contributed by atoms with Gasteiger partial charge in [0.15, 0.2) is 0 Å². The van der Waals surface area contributed by atoms with Crippen LogP contribution in [0.4, 0.5) is 5.69 Å². The number of hydrogen-bond donors (Lipinski definition) is 1. The van der Waals surface area contributed by atoms with Crippen LogP contribution in [0.25, 0.3) is 0 Å². The van der Waals surface area contributed by atoms with Gasteiger partial charge in [-0.05, 0) is 0 Å². The Morgan fingerprint density at radius 3 is 2.63 bits per heavy atom. The molecular weight excluding hydrogens is 276 g/mol. The average Bonchev–Trinajstić information content (AvgIpc) is 2.74. The monoisotopic (exact) mass is 290 g/mol. The van der Waals surface area contributed by atoms with Gasteiger partial charge in [0.25, 0.3) is 0 Å². The average molecular weight is 290 g/mol. The SMILES string of the molecule is COC(=O)c1occc1NC(=O)CN(C)S(C)(=O)=O. The first-order chi connectivity index (χ1) is 8.75. The summed E-state index contributed by atoms with van der Waals surface area (Å²) in [5, 5.41) is 2.37. The molecule has 0 spiro atoms. The minimum Gasteiger partial charge on any atom is -0.463 e. The first-order valence-electron chi connectivity index (χ1n) is 5.12. The minimum atomic E-state index is -3.45. The van der Waals surface area contributed by atoms with Crippen LogP contribution in [0.5, 0.6) is 0 Å². The van der Waals surface area contributed by atoms with E-state index in [1.807, 2.05) is 0 Å². The molecular formula is C10H14N2O6S. The van der Waals surface area contributed by atoms with Gasteiger partial charge in [-0.25, -0.2) is 13.2 Å². The Bertz CT molecular complexity index is 577. The molecule has 1 heterocycles. The summed E-state index contributed by atoms with van der Waals surface area (Å²) >= 11 is 0. The fourth-order valence-corrected chi connectivity index (χ4v) is 1.52. The molecule has 0 radical (unpaired) electrons. The lowest BCUT2D eigenvalue weighted by Gasteiger charge is -2.13. The van der Waals surface area contributed by atoms with Crippen LogP contribution in [0.3, 0.4) is 0 Å². The van der Waals surface area contributed by atoms with Crippen molar-refractivity contribution in [2.24, 2.45) is 0 Å². The number of carbonyl (C=O) groups excluding carboxylic acids is 2. The molecule has 0 aliphatic heterocycles. The Morgan fingerprint density at radius 2 is 2.11 bits per heavy atom. The maximum absolute atomic E-state index is 11.6. The molecule has 8 nitrogen and oxygen atoms in total. The highest BCUT2D eigenvalue weighted by atomic mass is 32.2. The summed E-state index contributed by atoms with van der Waals surface area (Å²) in [5.74, 6) is -1.49. The van der Waals surface area contributed by atoms with Crippen molar-refractivity contribution < 1.29 is 27.2 Å². The summed E-state index contributed by atoms with van der Waals surface area (Å²) in [6.07, 6.45) is 2.19. The predicted molar refractivity (Wildman–Crippen MR) is 66.2 cm³/mol. The number of rotatable bonds is 5. The van der Waals surface area contributed by atoms with Gasteiger partial charge in [0.05, 0.1) is 31.9 Å². The number of ether oxygens (including phenoxy) is 1. The normalized spacial score (nSPS) is 11.4. The number of furan rings is 1. The summed E-state index contributed by atoms with van der Waals surface area (Å²) < 4.78 is 32.5. The van der Waals surface area contributed by atoms with Crippen molar-refractivity contribution in [2.75, 3.05) is 32.3 Å². The molecule has 1 amide bonds. The Labute approximate surface area is 110 Å². The summed E-state index contributed by atoms with van der Waals surface area (Å²) in [7, 11) is -1.01. The minimum absolute atomic E-state index is 0.124. The van der Waals surface area contributed by atoms with Crippen LogP contribution in [0.2, 0.25) is 0 Å². The van der Waals surface area contributed by atoms with E-state index in [0.717, 1.165) is 10.6 Å². The van der Waals surface area contributed by atoms with Gasteiger partial charge in [-0.15, -0.1) is 0 Å². The molecule has 0 unspecified atom stereocenters. The van der Waals surface area contributed by atoms with E-state index in [4.69, 9.17) is 4.42 Å². The fraction of sp³-hybridized carbons (Fsp3) is 0.400. The number of sulfonamides is 1. The van der Waals surface area contributed by atoms with Crippen LogP contribution in [0, 0.1) is 0 Å². The van der Waals surface area contributed by atoms with Crippen LogP contribution >= 0.6 is 0 Å². The second-order valence-corrected chi connectivity index (χ2v) is 5.81. The van der Waals surface area contributed by atoms with Gasteiger partial charge in [0.2, 0.25) is 21.7 Å². The molecule has 0 aliphatic carbocycles. The number of amides is 1. The molecule has 0 atom stereocenters. The van der Waals surface area contributed by atoms with Crippen LogP contribution < -0.4 is 5.32 Å². The summed E-state index contributed by atoms with van der Waals surface area (Å²) in [4.78, 5) is 22.9. The summed E-state index contributed by atoms with van der Waals surface area (Å²) in [6, 6.07) is 1.37. The topological polar surface area (TPSA) is 106 Å². The first-order valence-corrected chi connectivity index (χ1v) is 6.97. The highest BCUT2D eigenvalue weighted by Gasteiger charge is 2.20. The molecule has 0 saturated carbocycles. The predicted octanol–water partition coefficient (Wildman–Crippen LogP) is -0.104. The Hall–Kier alpha value is -1.87. The first kappa shape index (κ1) is 15.2. The molecule has 1 N–H and O–H groups in total. The van der Waals surface area contributed by atoms with Crippen molar-refractivity contribution in [1.82, 2.24) is 4.31 Å². The molecule has 106 valence electrons. The largest absolute Gasteiger partial charge is 0.463 e. The number of anilines is 1. The molecule has 0 bridgehead atoms. The van der Waals surface area contributed by atoms with Crippen molar-refractivity contribution in [1.29, 1.82) is 0 Å². The number of carbonyl (C=O) groups is 2. The molecule has 0 fully saturated rings. The zero-order valence-corrected chi connectivity index (χ0v) is 11.5. The van der Waals surface area contributed by atoms with Crippen molar-refractivity contribution >= 4 is 27.6 Å². The highest BCUT2D eigenvalue weighted by Crippen LogP contribution is 2.17. The van der Waals surface area contributed by atoms with Crippen molar-refractivity contribution in [3.63, 3.8) is 0 Å². The molecule has 9 heteroatoms. The molecule has 0 aromatic carbocycles. The maximum atomic E-state index is 11.6. The standard InChI is InChI=1S/C10H14N2O6S/c1-12(19(3,15)16)6-8(13)11-7-4-5-18-9(7)10(14)17-2/h4-5H,6H2,1-3H3,(H,11,13). The van der Waals surface area contributed by atoms with Crippen molar-refractivity contribution in [3.05, 3.63) is 18.1 Å². The second-order valence-electron chi connectivity index (χ2n) is 3.72. The Morgan fingerprint density at radius 1 is 1.47 bits per heavy atom. The Balaban J connectivity index is 2.73. The number of nitrogens with one attached hydrogen (secondary N) is 1. The van der Waals surface area contributed by atoms with Crippen LogP contribution in [0.15, 0.2) is 16.7 Å². The smallest absolute Gasteiger partial charge is 0.376 e. The quantitative estimate of drug-likeness (QED) is 0.759. The third-order valence-corrected chi connectivity index (χ3v) is 3.50. The third-order valence-electron chi connectivity index (χ3n) is 2.24. The van der Waals surface area contributed by atoms with Gasteiger partial charge in [-0.3, -0.25) is 4.79 Å².